The molecule has 0 fully saturated rings. The number of hydrazone groups is 1. The molecule has 0 unspecified atom stereocenters. The number of aromatic nitrogens is 2. The lowest BCUT2D eigenvalue weighted by atomic mass is 10.1. The molecule has 2 amide bonds. The summed E-state index contributed by atoms with van der Waals surface area (Å²) in [4.78, 5) is 33.5. The van der Waals surface area contributed by atoms with Gasteiger partial charge in [-0.3, -0.25) is 25.1 Å². The zero-order chi connectivity index (χ0) is 22.4. The predicted molar refractivity (Wildman–Crippen MR) is 106 cm³/mol. The Hall–Kier alpha value is -3.49. The van der Waals surface area contributed by atoms with Gasteiger partial charge in [-0.1, -0.05) is 37.0 Å². The van der Waals surface area contributed by atoms with Crippen LogP contribution >= 0.6 is 23.2 Å². The van der Waals surface area contributed by atoms with Gasteiger partial charge in [0.25, 0.3) is 11.5 Å². The maximum absolute atomic E-state index is 14.6. The summed E-state index contributed by atoms with van der Waals surface area (Å²) >= 11 is 12.1. The number of nitrogens with one attached hydrogen (secondary N) is 3. The van der Waals surface area contributed by atoms with Crippen molar-refractivity contribution in [3.8, 4) is 17.7 Å². The number of H-pyrrole nitrogens is 1. The van der Waals surface area contributed by atoms with E-state index in [1.165, 1.54) is 12.1 Å². The second kappa shape index (κ2) is 9.82. The molecule has 0 bridgehead atoms. The minimum atomic E-state index is -1.09. The number of carbonyl (C=O) groups is 2. The quantitative estimate of drug-likeness (QED) is 0.252. The highest BCUT2D eigenvalue weighted by molar-refractivity contribution is 6.46. The van der Waals surface area contributed by atoms with Crippen molar-refractivity contribution < 1.29 is 18.7 Å². The van der Waals surface area contributed by atoms with Crippen molar-refractivity contribution in [2.45, 2.75) is 19.8 Å². The molecule has 0 radical (unpaired) electrons. The van der Waals surface area contributed by atoms with Crippen molar-refractivity contribution in [3.05, 3.63) is 43.9 Å². The third-order valence-corrected chi connectivity index (χ3v) is 4.17. The van der Waals surface area contributed by atoms with Gasteiger partial charge in [0.05, 0.1) is 10.7 Å². The number of anilines is 1. The summed E-state index contributed by atoms with van der Waals surface area (Å²) in [5.74, 6) is -2.63. The van der Waals surface area contributed by atoms with Crippen molar-refractivity contribution in [1.82, 2.24) is 15.5 Å². The van der Waals surface area contributed by atoms with Gasteiger partial charge in [0.2, 0.25) is 18.0 Å². The van der Waals surface area contributed by atoms with Gasteiger partial charge in [-0.15, -0.1) is 5.10 Å². The highest BCUT2D eigenvalue weighted by atomic mass is 35.5. The summed E-state index contributed by atoms with van der Waals surface area (Å²) in [6.07, 6.45) is 0.0607. The van der Waals surface area contributed by atoms with E-state index in [4.69, 9.17) is 33.2 Å². The lowest BCUT2D eigenvalue weighted by molar-refractivity contribution is -0.120. The van der Waals surface area contributed by atoms with E-state index in [9.17, 15) is 18.8 Å². The normalized spacial score (nSPS) is 11.0. The first-order valence-corrected chi connectivity index (χ1v) is 8.88. The fourth-order valence-electron chi connectivity index (χ4n) is 2.10. The second-order valence-electron chi connectivity index (χ2n) is 5.89. The summed E-state index contributed by atoms with van der Waals surface area (Å²) in [6, 6.07) is 3.85. The van der Waals surface area contributed by atoms with Crippen LogP contribution in [0.25, 0.3) is 0 Å². The van der Waals surface area contributed by atoms with Crippen molar-refractivity contribution in [1.29, 1.82) is 5.26 Å². The van der Waals surface area contributed by atoms with E-state index in [0.717, 1.165) is 6.07 Å². The standard InChI is InChI=1S/C17H13Cl2FN6O4/c1-7(2)8-3-12(25-26-16(8)28)30-15-9(18)4-10(14(20)13(15)19)23-24-11(5-21)17(29)22-6-27/h3-4,6-7,23H,1-2H3,(H,26,28)(H,22,27,29)/b24-11+. The zero-order valence-corrected chi connectivity index (χ0v) is 16.9. The van der Waals surface area contributed by atoms with Crippen LogP contribution in [0.5, 0.6) is 11.6 Å². The molecule has 0 atom stereocenters. The lowest BCUT2D eigenvalue weighted by Crippen LogP contribution is -2.29. The predicted octanol–water partition coefficient (Wildman–Crippen LogP) is 2.70. The first-order chi connectivity index (χ1) is 14.2. The number of nitrogens with zero attached hydrogens (tertiary/aromatic N) is 3. The van der Waals surface area contributed by atoms with Gasteiger partial charge in [-0.05, 0) is 12.0 Å². The van der Waals surface area contributed by atoms with E-state index in [1.807, 2.05) is 0 Å². The van der Waals surface area contributed by atoms with E-state index in [0.29, 0.717) is 5.56 Å². The van der Waals surface area contributed by atoms with Crippen LogP contribution < -0.4 is 21.0 Å². The lowest BCUT2D eigenvalue weighted by Gasteiger charge is -2.13. The molecule has 1 aromatic carbocycles. The maximum Gasteiger partial charge on any atom is 0.288 e. The monoisotopic (exact) mass is 454 g/mol. The molecule has 0 spiro atoms. The number of amides is 2. The number of hydrogen-bond acceptors (Lipinski definition) is 8. The number of carbonyl (C=O) groups excluding carboxylic acids is 2. The van der Waals surface area contributed by atoms with Gasteiger partial charge in [0.1, 0.15) is 11.1 Å². The molecule has 2 rings (SSSR count). The maximum atomic E-state index is 14.6. The molecule has 2 aromatic rings. The SMILES string of the molecule is CC(C)c1cc(Oc2c(Cl)cc(N/N=C(\C#N)C(=O)NC=O)c(F)c2Cl)n[nH]c1=O. The number of hydrogen-bond donors (Lipinski definition) is 3. The van der Waals surface area contributed by atoms with Crippen LogP contribution in [0.1, 0.15) is 25.3 Å². The Morgan fingerprint density at radius 2 is 2.13 bits per heavy atom. The van der Waals surface area contributed by atoms with E-state index in [1.54, 1.807) is 19.2 Å². The van der Waals surface area contributed by atoms with Crippen molar-refractivity contribution in [3.63, 3.8) is 0 Å². The number of rotatable bonds is 7. The van der Waals surface area contributed by atoms with Crippen LogP contribution in [0, 0.1) is 17.1 Å². The molecule has 1 aromatic heterocycles. The third-order valence-electron chi connectivity index (χ3n) is 3.55. The van der Waals surface area contributed by atoms with Gasteiger partial charge in [-0.25, -0.2) is 9.49 Å². The molecule has 0 aliphatic carbocycles. The molecule has 0 saturated heterocycles. The number of ether oxygens (including phenoxy) is 1. The highest BCUT2D eigenvalue weighted by Crippen LogP contribution is 2.41. The zero-order valence-electron chi connectivity index (χ0n) is 15.4. The van der Waals surface area contributed by atoms with E-state index in [-0.39, 0.29) is 34.7 Å². The number of benzene rings is 1. The van der Waals surface area contributed by atoms with Gasteiger partial charge < -0.3 is 4.74 Å². The number of aromatic amines is 1. The Labute approximate surface area is 178 Å². The van der Waals surface area contributed by atoms with Gasteiger partial charge in [0, 0.05) is 11.6 Å². The molecular formula is C17H13Cl2FN6O4. The minimum absolute atomic E-state index is 0.0607. The Kier molecular flexibility index (Phi) is 7.46. The molecule has 30 heavy (non-hydrogen) atoms. The van der Waals surface area contributed by atoms with Crippen LogP contribution in [0.3, 0.4) is 0 Å². The van der Waals surface area contributed by atoms with Crippen LogP contribution in [0.15, 0.2) is 22.0 Å². The number of imide groups is 1. The second-order valence-corrected chi connectivity index (χ2v) is 6.67. The average Bonchev–Trinajstić information content (AvgIpc) is 2.70. The topological polar surface area (TPSA) is 149 Å². The molecular weight excluding hydrogens is 442 g/mol. The molecule has 10 nitrogen and oxygen atoms in total. The Morgan fingerprint density at radius 3 is 2.73 bits per heavy atom. The van der Waals surface area contributed by atoms with Crippen LogP contribution in [-0.2, 0) is 9.59 Å². The molecule has 1 heterocycles. The minimum Gasteiger partial charge on any atom is -0.434 e. The largest absolute Gasteiger partial charge is 0.434 e. The Balaban J connectivity index is 2.36. The van der Waals surface area contributed by atoms with Gasteiger partial charge >= 0.3 is 0 Å². The van der Waals surface area contributed by atoms with Crippen molar-refractivity contribution in [2.75, 3.05) is 5.43 Å². The molecule has 13 heteroatoms. The van der Waals surface area contributed by atoms with Crippen molar-refractivity contribution in [2.24, 2.45) is 5.10 Å². The molecule has 0 aliphatic rings. The summed E-state index contributed by atoms with van der Waals surface area (Å²) in [5, 5.41) is 19.3. The first-order valence-electron chi connectivity index (χ1n) is 8.12. The molecule has 0 aliphatic heterocycles. The Morgan fingerprint density at radius 1 is 1.43 bits per heavy atom. The fraction of sp³-hybridized carbons (Fsp3) is 0.176. The number of halogens is 3. The van der Waals surface area contributed by atoms with Crippen LogP contribution in [-0.4, -0.2) is 28.2 Å². The smallest absolute Gasteiger partial charge is 0.288 e. The Bertz CT molecular complexity index is 1130. The van der Waals surface area contributed by atoms with Crippen molar-refractivity contribution >= 4 is 46.9 Å². The van der Waals surface area contributed by atoms with Gasteiger partial charge in [0.15, 0.2) is 11.6 Å². The van der Waals surface area contributed by atoms with Gasteiger partial charge in [-0.2, -0.15) is 10.4 Å². The summed E-state index contributed by atoms with van der Waals surface area (Å²) in [7, 11) is 0. The fourth-order valence-corrected chi connectivity index (χ4v) is 2.64. The number of nitriles is 1. The van der Waals surface area contributed by atoms with Crippen LogP contribution in [0.4, 0.5) is 10.1 Å². The van der Waals surface area contributed by atoms with E-state index in [2.05, 4.69) is 20.7 Å². The van der Waals surface area contributed by atoms with E-state index < -0.39 is 28.0 Å². The van der Waals surface area contributed by atoms with E-state index >= 15 is 0 Å². The molecule has 0 saturated carbocycles. The third kappa shape index (κ3) is 5.11. The molecule has 156 valence electrons. The summed E-state index contributed by atoms with van der Waals surface area (Å²) in [5.41, 5.74) is 1.01. The van der Waals surface area contributed by atoms with Crippen LogP contribution in [0.2, 0.25) is 10.0 Å². The highest BCUT2D eigenvalue weighted by Gasteiger charge is 2.20. The average molecular weight is 455 g/mol. The summed E-state index contributed by atoms with van der Waals surface area (Å²) in [6.45, 7) is 3.58. The first kappa shape index (κ1) is 22.8. The molecule has 3 N–H and O–H groups in total. The summed E-state index contributed by atoms with van der Waals surface area (Å²) < 4.78 is 20.0.